The van der Waals surface area contributed by atoms with Crippen LogP contribution in [-0.4, -0.2) is 20.9 Å². The zero-order valence-corrected chi connectivity index (χ0v) is 12.2. The van der Waals surface area contributed by atoms with Crippen LogP contribution in [0, 0.1) is 10.1 Å². The molecule has 0 saturated heterocycles. The van der Waals surface area contributed by atoms with Crippen LogP contribution in [-0.2, 0) is 4.79 Å². The molecule has 0 aliphatic carbocycles. The Morgan fingerprint density at radius 2 is 2.14 bits per heavy atom. The van der Waals surface area contributed by atoms with Crippen molar-refractivity contribution in [2.45, 2.75) is 19.9 Å². The van der Waals surface area contributed by atoms with Crippen molar-refractivity contribution in [3.05, 3.63) is 45.1 Å². The molecule has 0 spiro atoms. The molecule has 1 aromatic rings. The fourth-order valence-electron chi connectivity index (χ4n) is 2.28. The van der Waals surface area contributed by atoms with Gasteiger partial charge in [0.2, 0.25) is 0 Å². The van der Waals surface area contributed by atoms with Gasteiger partial charge >= 0.3 is 0 Å². The maximum Gasteiger partial charge on any atom is 0.270 e. The van der Waals surface area contributed by atoms with E-state index in [2.05, 4.69) is 10.6 Å². The van der Waals surface area contributed by atoms with Crippen molar-refractivity contribution in [1.29, 1.82) is 0 Å². The van der Waals surface area contributed by atoms with Crippen LogP contribution >= 0.6 is 12.2 Å². The van der Waals surface area contributed by atoms with Gasteiger partial charge in [-0.25, -0.2) is 0 Å². The van der Waals surface area contributed by atoms with E-state index in [1.54, 1.807) is 6.92 Å². The van der Waals surface area contributed by atoms with Gasteiger partial charge in [-0.05, 0) is 32.1 Å². The summed E-state index contributed by atoms with van der Waals surface area (Å²) in [4.78, 5) is 22.1. The molecule has 1 unspecified atom stereocenters. The number of allylic oxidation sites excluding steroid dienone is 1. The molecule has 2 rings (SSSR count). The van der Waals surface area contributed by atoms with Crippen molar-refractivity contribution in [2.24, 2.45) is 0 Å². The van der Waals surface area contributed by atoms with E-state index in [-0.39, 0.29) is 27.9 Å². The van der Waals surface area contributed by atoms with Gasteiger partial charge in [0.25, 0.3) is 5.69 Å². The highest BCUT2D eigenvalue weighted by molar-refractivity contribution is 7.80. The standard InChI is InChI=1S/C13H13N3O4S/c1-6-11(7(2)17)12(15-13(21)14-6)9-5-8(16(19)20)3-4-10(9)18/h3-5,12,18H,1-2H3,(H2,14,15,21). The van der Waals surface area contributed by atoms with E-state index < -0.39 is 11.0 Å². The second-order valence-electron chi connectivity index (χ2n) is 4.63. The Morgan fingerprint density at radius 1 is 1.48 bits per heavy atom. The Bertz CT molecular complexity index is 684. The summed E-state index contributed by atoms with van der Waals surface area (Å²) < 4.78 is 0. The topological polar surface area (TPSA) is 104 Å². The van der Waals surface area contributed by atoms with Gasteiger partial charge in [-0.15, -0.1) is 0 Å². The van der Waals surface area contributed by atoms with Gasteiger partial charge in [0.1, 0.15) is 5.75 Å². The molecule has 3 N–H and O–H groups in total. The van der Waals surface area contributed by atoms with Gasteiger partial charge in [-0.3, -0.25) is 14.9 Å². The van der Waals surface area contributed by atoms with Gasteiger partial charge in [-0.2, -0.15) is 0 Å². The van der Waals surface area contributed by atoms with Crippen molar-refractivity contribution < 1.29 is 14.8 Å². The smallest absolute Gasteiger partial charge is 0.270 e. The highest BCUT2D eigenvalue weighted by atomic mass is 32.1. The molecule has 0 amide bonds. The summed E-state index contributed by atoms with van der Waals surface area (Å²) in [6.45, 7) is 3.07. The number of ketones is 1. The molecular formula is C13H13N3O4S. The fraction of sp³-hybridized carbons (Fsp3) is 0.231. The number of phenolic OH excluding ortho intramolecular Hbond substituents is 1. The summed E-state index contributed by atoms with van der Waals surface area (Å²) in [5.41, 5.74) is 0.994. The predicted octanol–water partition coefficient (Wildman–Crippen LogP) is 1.68. The van der Waals surface area contributed by atoms with Gasteiger partial charge in [0.05, 0.1) is 11.0 Å². The molecule has 0 bridgehead atoms. The SMILES string of the molecule is CC(=O)C1=C(C)NC(=S)NC1c1cc([N+](=O)[O-])ccc1O. The monoisotopic (exact) mass is 307 g/mol. The Kier molecular flexibility index (Phi) is 3.90. The third-order valence-corrected chi connectivity index (χ3v) is 3.40. The second-order valence-corrected chi connectivity index (χ2v) is 5.03. The minimum Gasteiger partial charge on any atom is -0.508 e. The lowest BCUT2D eigenvalue weighted by Crippen LogP contribution is -2.44. The number of non-ortho nitro benzene ring substituents is 1. The maximum atomic E-state index is 11.8. The lowest BCUT2D eigenvalue weighted by Gasteiger charge is -2.30. The second kappa shape index (κ2) is 5.49. The largest absolute Gasteiger partial charge is 0.508 e. The summed E-state index contributed by atoms with van der Waals surface area (Å²) in [5, 5.41) is 26.8. The van der Waals surface area contributed by atoms with Gasteiger partial charge in [0.15, 0.2) is 10.9 Å². The normalized spacial score (nSPS) is 18.0. The summed E-state index contributed by atoms with van der Waals surface area (Å²) in [5.74, 6) is -0.361. The Balaban J connectivity index is 2.60. The van der Waals surface area contributed by atoms with E-state index in [1.807, 2.05) is 0 Å². The number of phenols is 1. The van der Waals surface area contributed by atoms with Crippen LogP contribution in [0.15, 0.2) is 29.5 Å². The molecule has 7 nitrogen and oxygen atoms in total. The third-order valence-electron chi connectivity index (χ3n) is 3.18. The van der Waals surface area contributed by atoms with Crippen LogP contribution in [0.1, 0.15) is 25.5 Å². The molecule has 0 fully saturated rings. The van der Waals surface area contributed by atoms with Gasteiger partial charge in [0, 0.05) is 29.0 Å². The quantitative estimate of drug-likeness (QED) is 0.443. The van der Waals surface area contributed by atoms with Gasteiger partial charge < -0.3 is 15.7 Å². The molecule has 110 valence electrons. The molecule has 1 heterocycles. The van der Waals surface area contributed by atoms with Crippen LogP contribution in [0.2, 0.25) is 0 Å². The maximum absolute atomic E-state index is 11.8. The number of benzene rings is 1. The number of carbonyl (C=O) groups is 1. The Hall–Kier alpha value is -2.48. The molecule has 1 aromatic carbocycles. The van der Waals surface area contributed by atoms with E-state index in [0.29, 0.717) is 11.3 Å². The zero-order chi connectivity index (χ0) is 15.7. The number of nitro benzene ring substituents is 1. The molecule has 1 atom stereocenters. The average Bonchev–Trinajstić information content (AvgIpc) is 2.37. The number of nitrogens with one attached hydrogen (secondary N) is 2. The number of hydrogen-bond donors (Lipinski definition) is 3. The van der Waals surface area contributed by atoms with E-state index >= 15 is 0 Å². The number of carbonyl (C=O) groups excluding carboxylic acids is 1. The van der Waals surface area contributed by atoms with Crippen molar-refractivity contribution in [3.63, 3.8) is 0 Å². The number of hydrogen-bond acceptors (Lipinski definition) is 5. The van der Waals surface area contributed by atoms with E-state index in [1.165, 1.54) is 25.1 Å². The van der Waals surface area contributed by atoms with Crippen LogP contribution in [0.4, 0.5) is 5.69 Å². The van der Waals surface area contributed by atoms with E-state index in [9.17, 15) is 20.0 Å². The van der Waals surface area contributed by atoms with Gasteiger partial charge in [-0.1, -0.05) is 0 Å². The molecular weight excluding hydrogens is 294 g/mol. The van der Waals surface area contributed by atoms with Crippen LogP contribution in [0.3, 0.4) is 0 Å². The van der Waals surface area contributed by atoms with E-state index in [0.717, 1.165) is 0 Å². The Labute approximate surface area is 125 Å². The number of nitrogens with zero attached hydrogens (tertiary/aromatic N) is 1. The first-order chi connectivity index (χ1) is 9.81. The molecule has 0 aromatic heterocycles. The number of thiocarbonyl (C=S) groups is 1. The molecule has 21 heavy (non-hydrogen) atoms. The summed E-state index contributed by atoms with van der Waals surface area (Å²) in [6.07, 6.45) is 0. The first-order valence-electron chi connectivity index (χ1n) is 6.07. The highest BCUT2D eigenvalue weighted by Crippen LogP contribution is 2.34. The fourth-order valence-corrected chi connectivity index (χ4v) is 2.55. The number of Topliss-reactive ketones (excluding diaryl/α,β-unsaturated/α-hetero) is 1. The zero-order valence-electron chi connectivity index (χ0n) is 11.3. The van der Waals surface area contributed by atoms with E-state index in [4.69, 9.17) is 12.2 Å². The van der Waals surface area contributed by atoms with Crippen LogP contribution in [0.25, 0.3) is 0 Å². The molecule has 8 heteroatoms. The van der Waals surface area contributed by atoms with Crippen molar-refractivity contribution in [2.75, 3.05) is 0 Å². The van der Waals surface area contributed by atoms with Crippen molar-refractivity contribution in [1.82, 2.24) is 10.6 Å². The first kappa shape index (κ1) is 14.9. The average molecular weight is 307 g/mol. The summed E-state index contributed by atoms with van der Waals surface area (Å²) >= 11 is 5.04. The number of nitro groups is 1. The molecule has 0 saturated carbocycles. The molecule has 1 aliphatic heterocycles. The first-order valence-corrected chi connectivity index (χ1v) is 6.48. The highest BCUT2D eigenvalue weighted by Gasteiger charge is 2.30. The summed E-state index contributed by atoms with van der Waals surface area (Å²) in [7, 11) is 0. The van der Waals surface area contributed by atoms with Crippen molar-refractivity contribution >= 4 is 28.8 Å². The minimum absolute atomic E-state index is 0.144. The lowest BCUT2D eigenvalue weighted by molar-refractivity contribution is -0.385. The van der Waals surface area contributed by atoms with Crippen LogP contribution in [0.5, 0.6) is 5.75 Å². The lowest BCUT2D eigenvalue weighted by atomic mass is 9.92. The number of rotatable bonds is 3. The molecule has 1 aliphatic rings. The van der Waals surface area contributed by atoms with Crippen molar-refractivity contribution in [3.8, 4) is 5.75 Å². The Morgan fingerprint density at radius 3 is 2.71 bits per heavy atom. The van der Waals surface area contributed by atoms with Crippen LogP contribution < -0.4 is 10.6 Å². The minimum atomic E-state index is -0.726. The number of aromatic hydroxyl groups is 1. The third kappa shape index (κ3) is 2.84. The molecule has 0 radical (unpaired) electrons. The predicted molar refractivity (Wildman–Crippen MR) is 79.8 cm³/mol. The summed E-state index contributed by atoms with van der Waals surface area (Å²) in [6, 6.07) is 2.93.